The number of allylic oxidation sites excluding steroid dienone is 1. The summed E-state index contributed by atoms with van der Waals surface area (Å²) in [6.45, 7) is 2.08. The molecule has 1 heteroatoms. The Morgan fingerprint density at radius 3 is 2.28 bits per heavy atom. The van der Waals surface area contributed by atoms with Gasteiger partial charge in [0.2, 0.25) is 0 Å². The molecule has 0 unspecified atom stereocenters. The van der Waals surface area contributed by atoms with Crippen LogP contribution in [-0.2, 0) is 0 Å². The molecule has 0 aliphatic carbocycles. The highest BCUT2D eigenvalue weighted by Crippen LogP contribution is 2.09. The summed E-state index contributed by atoms with van der Waals surface area (Å²) < 4.78 is 1.07. The second kappa shape index (κ2) is 6.23. The van der Waals surface area contributed by atoms with Crippen molar-refractivity contribution in [1.29, 1.82) is 0 Å². The highest BCUT2D eigenvalue weighted by atomic mass is 79.9. The number of benzene rings is 2. The predicted molar refractivity (Wildman–Crippen MR) is 81.2 cm³/mol. The van der Waals surface area contributed by atoms with Crippen molar-refractivity contribution in [1.82, 2.24) is 0 Å². The third kappa shape index (κ3) is 3.91. The molecule has 0 spiro atoms. The first kappa shape index (κ1) is 12.7. The molecule has 0 aromatic heterocycles. The molecule has 0 amide bonds. The molecule has 2 rings (SSSR count). The molecule has 0 N–H and O–H groups in total. The summed E-state index contributed by atoms with van der Waals surface area (Å²) in [5.41, 5.74) is 3.46. The standard InChI is InChI=1S/C17H13Br/c1-14-6-8-15(9-7-14)4-2-3-5-16-10-12-17(18)13-11-16/h2,4,6-13H,1H3/b4-2-. The highest BCUT2D eigenvalue weighted by molar-refractivity contribution is 9.10. The van der Waals surface area contributed by atoms with Gasteiger partial charge < -0.3 is 0 Å². The lowest BCUT2D eigenvalue weighted by atomic mass is 10.1. The Bertz CT molecular complexity index is 593. The third-order valence-electron chi connectivity index (χ3n) is 2.50. The van der Waals surface area contributed by atoms with Crippen molar-refractivity contribution < 1.29 is 0 Å². The summed E-state index contributed by atoms with van der Waals surface area (Å²) in [5, 5.41) is 0. The monoisotopic (exact) mass is 296 g/mol. The molecule has 0 radical (unpaired) electrons. The minimum Gasteiger partial charge on any atom is -0.0696 e. The van der Waals surface area contributed by atoms with Crippen molar-refractivity contribution in [3.05, 3.63) is 75.8 Å². The van der Waals surface area contributed by atoms with E-state index in [4.69, 9.17) is 0 Å². The SMILES string of the molecule is Cc1ccc(/C=C\C#Cc2ccc(Br)cc2)cc1. The van der Waals surface area contributed by atoms with Crippen LogP contribution in [-0.4, -0.2) is 0 Å². The Morgan fingerprint density at radius 2 is 1.61 bits per heavy atom. The minimum atomic E-state index is 1.02. The maximum Gasteiger partial charge on any atom is 0.0249 e. The topological polar surface area (TPSA) is 0 Å². The molecule has 18 heavy (non-hydrogen) atoms. The Kier molecular flexibility index (Phi) is 4.39. The molecular weight excluding hydrogens is 284 g/mol. The van der Waals surface area contributed by atoms with Crippen molar-refractivity contribution in [2.75, 3.05) is 0 Å². The van der Waals surface area contributed by atoms with Crippen LogP contribution in [0.15, 0.2) is 59.1 Å². The van der Waals surface area contributed by atoms with E-state index in [-0.39, 0.29) is 0 Å². The third-order valence-corrected chi connectivity index (χ3v) is 3.03. The van der Waals surface area contributed by atoms with Gasteiger partial charge in [-0.1, -0.05) is 57.6 Å². The van der Waals surface area contributed by atoms with E-state index < -0.39 is 0 Å². The molecule has 0 nitrogen and oxygen atoms in total. The van der Waals surface area contributed by atoms with Crippen LogP contribution in [0.2, 0.25) is 0 Å². The Balaban J connectivity index is 2.03. The van der Waals surface area contributed by atoms with E-state index in [2.05, 4.69) is 59.0 Å². The molecule has 0 fully saturated rings. The molecule has 0 bridgehead atoms. The van der Waals surface area contributed by atoms with Crippen molar-refractivity contribution in [2.45, 2.75) is 6.92 Å². The van der Waals surface area contributed by atoms with E-state index in [0.717, 1.165) is 10.0 Å². The van der Waals surface area contributed by atoms with E-state index in [0.29, 0.717) is 0 Å². The summed E-state index contributed by atoms with van der Waals surface area (Å²) in [6, 6.07) is 16.4. The number of hydrogen-bond acceptors (Lipinski definition) is 0. The lowest BCUT2D eigenvalue weighted by Gasteiger charge is -1.92. The fourth-order valence-corrected chi connectivity index (χ4v) is 1.74. The van der Waals surface area contributed by atoms with E-state index in [1.54, 1.807) is 0 Å². The molecule has 0 atom stereocenters. The lowest BCUT2D eigenvalue weighted by molar-refractivity contribution is 1.46. The van der Waals surface area contributed by atoms with E-state index >= 15 is 0 Å². The average molecular weight is 297 g/mol. The second-order valence-electron chi connectivity index (χ2n) is 4.02. The van der Waals surface area contributed by atoms with Crippen molar-refractivity contribution in [2.24, 2.45) is 0 Å². The zero-order chi connectivity index (χ0) is 12.8. The summed E-state index contributed by atoms with van der Waals surface area (Å²) in [7, 11) is 0. The highest BCUT2D eigenvalue weighted by Gasteiger charge is 1.86. The molecule has 0 saturated heterocycles. The smallest absolute Gasteiger partial charge is 0.0249 e. The van der Waals surface area contributed by atoms with Crippen LogP contribution < -0.4 is 0 Å². The van der Waals surface area contributed by atoms with Gasteiger partial charge in [0.25, 0.3) is 0 Å². The van der Waals surface area contributed by atoms with Crippen molar-refractivity contribution in [3.8, 4) is 11.8 Å². The van der Waals surface area contributed by atoms with E-state index in [1.165, 1.54) is 11.1 Å². The molecule has 88 valence electrons. The Hall–Kier alpha value is -1.78. The van der Waals surface area contributed by atoms with Gasteiger partial charge >= 0.3 is 0 Å². The summed E-state index contributed by atoms with van der Waals surface area (Å²) >= 11 is 3.40. The van der Waals surface area contributed by atoms with Gasteiger partial charge in [-0.2, -0.15) is 0 Å². The first-order chi connectivity index (χ1) is 8.74. The van der Waals surface area contributed by atoms with Crippen LogP contribution in [0.5, 0.6) is 0 Å². The molecular formula is C17H13Br. The molecule has 0 saturated carbocycles. The van der Waals surface area contributed by atoms with Gasteiger partial charge in [0.1, 0.15) is 0 Å². The molecule has 2 aromatic rings. The predicted octanol–water partition coefficient (Wildman–Crippen LogP) is 4.82. The number of rotatable bonds is 1. The van der Waals surface area contributed by atoms with Crippen LogP contribution in [0.3, 0.4) is 0 Å². The van der Waals surface area contributed by atoms with Crippen LogP contribution >= 0.6 is 15.9 Å². The normalized spacial score (nSPS) is 10.1. The zero-order valence-corrected chi connectivity index (χ0v) is 11.7. The van der Waals surface area contributed by atoms with Crippen molar-refractivity contribution >= 4 is 22.0 Å². The Morgan fingerprint density at radius 1 is 0.944 bits per heavy atom. The molecule has 2 aromatic carbocycles. The first-order valence-electron chi connectivity index (χ1n) is 5.74. The number of hydrogen-bond donors (Lipinski definition) is 0. The summed E-state index contributed by atoms with van der Waals surface area (Å²) in [5.74, 6) is 6.13. The number of halogens is 1. The fraction of sp³-hybridized carbons (Fsp3) is 0.0588. The van der Waals surface area contributed by atoms with Gasteiger partial charge in [-0.25, -0.2) is 0 Å². The van der Waals surface area contributed by atoms with E-state index in [1.807, 2.05) is 36.4 Å². The lowest BCUT2D eigenvalue weighted by Crippen LogP contribution is -1.73. The minimum absolute atomic E-state index is 1.02. The molecule has 0 heterocycles. The van der Waals surface area contributed by atoms with Gasteiger partial charge in [0.05, 0.1) is 0 Å². The van der Waals surface area contributed by atoms with Crippen LogP contribution in [0.1, 0.15) is 16.7 Å². The van der Waals surface area contributed by atoms with E-state index in [9.17, 15) is 0 Å². The van der Waals surface area contributed by atoms with Crippen molar-refractivity contribution in [3.63, 3.8) is 0 Å². The van der Waals surface area contributed by atoms with Gasteiger partial charge in [-0.05, 0) is 48.9 Å². The molecule has 0 aliphatic heterocycles. The van der Waals surface area contributed by atoms with Gasteiger partial charge in [0.15, 0.2) is 0 Å². The summed E-state index contributed by atoms with van der Waals surface area (Å²) in [6.07, 6.45) is 3.90. The average Bonchev–Trinajstić information content (AvgIpc) is 2.39. The maximum absolute atomic E-state index is 3.40. The first-order valence-corrected chi connectivity index (χ1v) is 6.54. The van der Waals surface area contributed by atoms with Crippen LogP contribution in [0.4, 0.5) is 0 Å². The number of aryl methyl sites for hydroxylation is 1. The largest absolute Gasteiger partial charge is 0.0696 e. The Labute approximate surface area is 116 Å². The van der Waals surface area contributed by atoms with Crippen LogP contribution in [0.25, 0.3) is 6.08 Å². The quantitative estimate of drug-likeness (QED) is 0.662. The maximum atomic E-state index is 3.40. The fourth-order valence-electron chi connectivity index (χ4n) is 1.47. The molecule has 0 aliphatic rings. The van der Waals surface area contributed by atoms with Gasteiger partial charge in [-0.15, -0.1) is 0 Å². The van der Waals surface area contributed by atoms with Gasteiger partial charge in [-0.3, -0.25) is 0 Å². The summed E-state index contributed by atoms with van der Waals surface area (Å²) in [4.78, 5) is 0. The van der Waals surface area contributed by atoms with Crippen LogP contribution in [0, 0.1) is 18.8 Å². The second-order valence-corrected chi connectivity index (χ2v) is 4.94. The zero-order valence-electron chi connectivity index (χ0n) is 10.2. The van der Waals surface area contributed by atoms with Gasteiger partial charge in [0, 0.05) is 10.0 Å².